The maximum atomic E-state index is 11.1. The Morgan fingerprint density at radius 2 is 1.10 bits per heavy atom. The van der Waals surface area contributed by atoms with Crippen LogP contribution in [-0.2, 0) is 9.47 Å². The molecule has 30 heavy (non-hydrogen) atoms. The van der Waals surface area contributed by atoms with E-state index in [0.717, 1.165) is 82.3 Å². The van der Waals surface area contributed by atoms with Gasteiger partial charge in [0.05, 0.1) is 0 Å². The molecule has 0 radical (unpaired) electrons. The Morgan fingerprint density at radius 3 is 1.47 bits per heavy atom. The van der Waals surface area contributed by atoms with Crippen LogP contribution in [0.5, 0.6) is 0 Å². The number of aryl methyl sites for hydroxylation is 2. The summed E-state index contributed by atoms with van der Waals surface area (Å²) in [4.78, 5) is 14.2. The Labute approximate surface area is 188 Å². The van der Waals surface area contributed by atoms with Crippen molar-refractivity contribution in [2.24, 2.45) is 0 Å². The number of aliphatic hydroxyl groups excluding tert-OH is 2. The summed E-state index contributed by atoms with van der Waals surface area (Å²) in [6.07, 6.45) is -1.12. The maximum absolute atomic E-state index is 11.1. The van der Waals surface area contributed by atoms with Gasteiger partial charge in [0, 0.05) is 0 Å². The number of aliphatic hydroxyl groups is 2. The molecule has 3 fully saturated rings. The van der Waals surface area contributed by atoms with Crippen molar-refractivity contribution in [3.63, 3.8) is 0 Å². The second kappa shape index (κ2) is 8.68. The number of ether oxygens (including phenoxy) is 2. The fraction of sp³-hybridized carbons (Fsp3) is 0.700. The number of hydrogen-bond donors (Lipinski definition) is 2. The third-order valence-corrected chi connectivity index (χ3v) is 11.8. The second-order valence-electron chi connectivity index (χ2n) is 8.12. The van der Waals surface area contributed by atoms with Crippen molar-refractivity contribution >= 4 is 38.4 Å². The average Bonchev–Trinajstić information content (AvgIpc) is 3.33. The van der Waals surface area contributed by atoms with Crippen LogP contribution in [0.15, 0.2) is 0 Å². The quantitative estimate of drug-likeness (QED) is 0.496. The van der Waals surface area contributed by atoms with Crippen molar-refractivity contribution in [2.45, 2.75) is 37.9 Å². The Morgan fingerprint density at radius 1 is 0.733 bits per heavy atom. The summed E-state index contributed by atoms with van der Waals surface area (Å²) < 4.78 is 15.4. The van der Waals surface area contributed by atoms with E-state index in [1.165, 1.54) is 0 Å². The molecule has 0 amide bonds. The number of hydrogen-bond acceptors (Lipinski definition) is 8. The predicted molar refractivity (Wildman–Crippen MR) is 115 cm³/mol. The molecule has 0 bridgehead atoms. The minimum absolute atomic E-state index is 0.0543. The first-order valence-corrected chi connectivity index (χ1v) is 13.9. The van der Waals surface area contributed by atoms with E-state index in [-0.39, 0.29) is 40.8 Å². The van der Waals surface area contributed by atoms with Gasteiger partial charge < -0.3 is 0 Å². The first-order valence-electron chi connectivity index (χ1n) is 10.5. The van der Waals surface area contributed by atoms with Crippen LogP contribution in [0.1, 0.15) is 32.1 Å². The van der Waals surface area contributed by atoms with E-state index in [0.29, 0.717) is 0 Å². The van der Waals surface area contributed by atoms with E-state index in [1.54, 1.807) is 0 Å². The van der Waals surface area contributed by atoms with Gasteiger partial charge in [-0.15, -0.1) is 0 Å². The van der Waals surface area contributed by atoms with E-state index in [9.17, 15) is 10.2 Å². The molecule has 8 nitrogen and oxygen atoms in total. The summed E-state index contributed by atoms with van der Waals surface area (Å²) in [7, 11) is 0. The minimum atomic E-state index is -0.558. The first-order chi connectivity index (χ1) is 14.5. The zero-order valence-corrected chi connectivity index (χ0v) is 20.7. The molecule has 1 aliphatic carbocycles. The summed E-state index contributed by atoms with van der Waals surface area (Å²) in [5, 5.41) is 22.2. The molecule has 164 valence electrons. The third kappa shape index (κ3) is 3.71. The van der Waals surface area contributed by atoms with Crippen molar-refractivity contribution in [2.75, 3.05) is 62.4 Å². The van der Waals surface area contributed by atoms with Gasteiger partial charge in [0.1, 0.15) is 0 Å². The van der Waals surface area contributed by atoms with Gasteiger partial charge in [0.15, 0.2) is 0 Å². The van der Waals surface area contributed by atoms with Gasteiger partial charge in [0.25, 0.3) is 0 Å². The molecule has 3 aliphatic rings. The summed E-state index contributed by atoms with van der Waals surface area (Å²) in [5.74, 6) is -0.415. The van der Waals surface area contributed by atoms with Gasteiger partial charge in [0.2, 0.25) is 0 Å². The van der Waals surface area contributed by atoms with Crippen LogP contribution in [0.25, 0.3) is 0 Å². The molecule has 0 atom stereocenters. The number of nitrogens with zero attached hydrogens (tertiary/aromatic N) is 4. The van der Waals surface area contributed by atoms with Crippen molar-refractivity contribution in [1.29, 1.82) is 0 Å². The molecular formula is C20H28N4O4Se2. The van der Waals surface area contributed by atoms with E-state index in [4.69, 9.17) is 19.4 Å². The van der Waals surface area contributed by atoms with Crippen LogP contribution in [0, 0.1) is 13.8 Å². The average molecular weight is 546 g/mol. The number of rotatable bonds is 4. The van der Waals surface area contributed by atoms with Crippen molar-refractivity contribution < 1.29 is 19.7 Å². The molecule has 2 saturated heterocycles. The van der Waals surface area contributed by atoms with Crippen LogP contribution >= 0.6 is 0 Å². The molecule has 0 aromatic carbocycles. The van der Waals surface area contributed by atoms with E-state index >= 15 is 0 Å². The van der Waals surface area contributed by atoms with Crippen LogP contribution in [0.2, 0.25) is 0 Å². The van der Waals surface area contributed by atoms with E-state index in [1.807, 2.05) is 13.8 Å². The standard InChI is InChI=1S/C20H28N4O4Se2/c1-11-17(29-19(21-11)23-3-7-27-8-4-23)13-15(25)14(16(13)26)18-12(2)22-20(30-18)24-5-9-28-10-6-24/h13-16,25-26H,3-10H2,1-2H3. The monoisotopic (exact) mass is 548 g/mol. The zero-order chi connectivity index (χ0) is 20.8. The van der Waals surface area contributed by atoms with Gasteiger partial charge in [-0.2, -0.15) is 0 Å². The SMILES string of the molecule is Cc1nc(N2CCOCC2)[se]c1C1C(O)C(c2[se]c(N3CCOCC3)nc2C)C1O. The van der Waals surface area contributed by atoms with Crippen molar-refractivity contribution in [3.8, 4) is 0 Å². The molecule has 2 aliphatic heterocycles. The molecule has 0 unspecified atom stereocenters. The van der Waals surface area contributed by atoms with E-state index < -0.39 is 12.2 Å². The Hall–Kier alpha value is -0.701. The van der Waals surface area contributed by atoms with Crippen LogP contribution < -0.4 is 9.80 Å². The Kier molecular flexibility index (Phi) is 6.12. The topological polar surface area (TPSA) is 91.2 Å². The number of morpholine rings is 2. The molecule has 5 rings (SSSR count). The molecule has 2 aromatic rings. The van der Waals surface area contributed by atoms with E-state index in [2.05, 4.69) is 9.80 Å². The first kappa shape index (κ1) is 21.2. The van der Waals surface area contributed by atoms with Crippen LogP contribution in [-0.4, -0.2) is 114 Å². The summed E-state index contributed by atoms with van der Waals surface area (Å²) in [6, 6.07) is 0. The van der Waals surface area contributed by atoms with Crippen molar-refractivity contribution in [3.05, 3.63) is 20.3 Å². The fourth-order valence-corrected chi connectivity index (χ4v) is 9.96. The van der Waals surface area contributed by atoms with Gasteiger partial charge >= 0.3 is 189 Å². The summed E-state index contributed by atoms with van der Waals surface area (Å²) in [6.45, 7) is 10.5. The molecule has 10 heteroatoms. The molecule has 4 heterocycles. The second-order valence-corrected chi connectivity index (χ2v) is 12.4. The predicted octanol–water partition coefficient (Wildman–Crippen LogP) is -0.517. The zero-order valence-electron chi connectivity index (χ0n) is 17.3. The third-order valence-electron chi connectivity index (χ3n) is 6.28. The normalized spacial score (nSPS) is 29.9. The fourth-order valence-electron chi connectivity index (χ4n) is 4.51. The van der Waals surface area contributed by atoms with Gasteiger partial charge in [-0.1, -0.05) is 0 Å². The molecule has 1 saturated carbocycles. The van der Waals surface area contributed by atoms with Gasteiger partial charge in [-0.3, -0.25) is 0 Å². The van der Waals surface area contributed by atoms with Crippen LogP contribution in [0.3, 0.4) is 0 Å². The molecule has 2 N–H and O–H groups in total. The molecule has 0 spiro atoms. The summed E-state index contributed by atoms with van der Waals surface area (Å²) >= 11 is 0.109. The van der Waals surface area contributed by atoms with Gasteiger partial charge in [-0.25, -0.2) is 0 Å². The Bertz CT molecular complexity index is 811. The Balaban J connectivity index is 1.34. The molecule has 2 aromatic heterocycles. The molecular weight excluding hydrogens is 518 g/mol. The van der Waals surface area contributed by atoms with Crippen molar-refractivity contribution in [1.82, 2.24) is 9.97 Å². The van der Waals surface area contributed by atoms with Crippen LogP contribution in [0.4, 0.5) is 9.38 Å². The number of anilines is 2. The summed E-state index contributed by atoms with van der Waals surface area (Å²) in [5.41, 5.74) is 1.96. The van der Waals surface area contributed by atoms with Gasteiger partial charge in [-0.05, 0) is 0 Å². The number of aromatic nitrogens is 2.